The van der Waals surface area contributed by atoms with Crippen molar-refractivity contribution in [1.82, 2.24) is 0 Å². The van der Waals surface area contributed by atoms with Crippen LogP contribution < -0.4 is 0 Å². The Hall–Kier alpha value is -0.500. The van der Waals surface area contributed by atoms with Crippen molar-refractivity contribution >= 4 is 23.2 Å². The zero-order valence-electron chi connectivity index (χ0n) is 7.22. The molecule has 1 nitrogen and oxygen atoms in total. The highest BCUT2D eigenvalue weighted by molar-refractivity contribution is 6.36. The van der Waals surface area contributed by atoms with Crippen molar-refractivity contribution in [3.8, 4) is 0 Å². The normalized spacial score (nSPS) is 12.6. The molecule has 13 heavy (non-hydrogen) atoms. The molecule has 0 amide bonds. The Bertz CT molecular complexity index is 334. The Kier molecular flexibility index (Phi) is 3.37. The van der Waals surface area contributed by atoms with Crippen molar-refractivity contribution in [2.24, 2.45) is 0 Å². The van der Waals surface area contributed by atoms with Crippen LogP contribution in [0.15, 0.2) is 24.8 Å². The molecule has 1 atom stereocenters. The van der Waals surface area contributed by atoms with Crippen LogP contribution in [0.2, 0.25) is 10.0 Å². The zero-order chi connectivity index (χ0) is 10.0. The average Bonchev–Trinajstić information content (AvgIpc) is 2.12. The summed E-state index contributed by atoms with van der Waals surface area (Å²) in [4.78, 5) is 0. The van der Waals surface area contributed by atoms with E-state index < -0.39 is 6.10 Å². The van der Waals surface area contributed by atoms with E-state index in [2.05, 4.69) is 6.58 Å². The van der Waals surface area contributed by atoms with Gasteiger partial charge in [-0.1, -0.05) is 35.3 Å². The lowest BCUT2D eigenvalue weighted by atomic mass is 10.1. The summed E-state index contributed by atoms with van der Waals surface area (Å²) in [7, 11) is 0. The maximum absolute atomic E-state index is 9.53. The van der Waals surface area contributed by atoms with Crippen LogP contribution in [0.5, 0.6) is 0 Å². The number of aliphatic hydroxyl groups excluding tert-OH is 1. The highest BCUT2D eigenvalue weighted by atomic mass is 35.5. The summed E-state index contributed by atoms with van der Waals surface area (Å²) in [5.41, 5.74) is 1.42. The van der Waals surface area contributed by atoms with E-state index >= 15 is 0 Å². The average molecular weight is 217 g/mol. The summed E-state index contributed by atoms with van der Waals surface area (Å²) in [5.74, 6) is 0. The number of hydrogen-bond donors (Lipinski definition) is 1. The molecule has 0 saturated carbocycles. The first-order valence-corrected chi connectivity index (χ1v) is 4.58. The smallest absolute Gasteiger partial charge is 0.0998 e. The third-order valence-electron chi connectivity index (χ3n) is 1.84. The first-order valence-electron chi connectivity index (χ1n) is 3.83. The molecular weight excluding hydrogens is 207 g/mol. The minimum Gasteiger partial charge on any atom is -0.384 e. The van der Waals surface area contributed by atoms with Gasteiger partial charge in [0.05, 0.1) is 11.1 Å². The number of halogens is 2. The van der Waals surface area contributed by atoms with Crippen LogP contribution in [-0.2, 0) is 0 Å². The van der Waals surface area contributed by atoms with Crippen molar-refractivity contribution < 1.29 is 5.11 Å². The monoisotopic (exact) mass is 216 g/mol. The third kappa shape index (κ3) is 2.05. The van der Waals surface area contributed by atoms with Crippen molar-refractivity contribution in [1.29, 1.82) is 0 Å². The van der Waals surface area contributed by atoms with E-state index in [4.69, 9.17) is 23.2 Å². The summed E-state index contributed by atoms with van der Waals surface area (Å²) < 4.78 is 0. The Labute approximate surface area is 87.6 Å². The summed E-state index contributed by atoms with van der Waals surface area (Å²) in [6, 6.07) is 3.52. The van der Waals surface area contributed by atoms with Crippen molar-refractivity contribution in [2.45, 2.75) is 13.0 Å². The Morgan fingerprint density at radius 3 is 2.62 bits per heavy atom. The molecular formula is C10H10Cl2O. The summed E-state index contributed by atoms with van der Waals surface area (Å²) in [5, 5.41) is 10.5. The summed E-state index contributed by atoms with van der Waals surface area (Å²) in [6.07, 6.45) is 0.590. The van der Waals surface area contributed by atoms with Gasteiger partial charge in [-0.15, -0.1) is 6.58 Å². The van der Waals surface area contributed by atoms with Gasteiger partial charge in [-0.25, -0.2) is 0 Å². The van der Waals surface area contributed by atoms with E-state index in [1.54, 1.807) is 6.07 Å². The van der Waals surface area contributed by atoms with Crippen LogP contribution in [0.1, 0.15) is 17.2 Å². The van der Waals surface area contributed by atoms with Gasteiger partial charge >= 0.3 is 0 Å². The van der Waals surface area contributed by atoms with Crippen LogP contribution >= 0.6 is 23.2 Å². The molecule has 0 heterocycles. The molecule has 1 rings (SSSR count). The second-order valence-corrected chi connectivity index (χ2v) is 3.56. The van der Waals surface area contributed by atoms with Gasteiger partial charge in [0, 0.05) is 10.6 Å². The SMILES string of the molecule is C=CC(O)c1c(Cl)ccc(C)c1Cl. The molecule has 1 unspecified atom stereocenters. The second-order valence-electron chi connectivity index (χ2n) is 2.77. The number of hydrogen-bond acceptors (Lipinski definition) is 1. The molecule has 3 heteroatoms. The third-order valence-corrected chi connectivity index (χ3v) is 2.67. The van der Waals surface area contributed by atoms with Crippen LogP contribution in [0, 0.1) is 6.92 Å². The van der Waals surface area contributed by atoms with E-state index in [0.29, 0.717) is 15.6 Å². The van der Waals surface area contributed by atoms with Crippen molar-refractivity contribution in [3.63, 3.8) is 0 Å². The predicted molar refractivity (Wildman–Crippen MR) is 56.4 cm³/mol. The van der Waals surface area contributed by atoms with Gasteiger partial charge in [0.25, 0.3) is 0 Å². The molecule has 1 aromatic rings. The van der Waals surface area contributed by atoms with E-state index in [1.807, 2.05) is 13.0 Å². The van der Waals surface area contributed by atoms with E-state index in [9.17, 15) is 5.11 Å². The quantitative estimate of drug-likeness (QED) is 0.751. The van der Waals surface area contributed by atoms with Gasteiger partial charge in [-0.05, 0) is 18.6 Å². The number of rotatable bonds is 2. The fourth-order valence-electron chi connectivity index (χ4n) is 1.07. The van der Waals surface area contributed by atoms with Crippen molar-refractivity contribution in [3.05, 3.63) is 46.0 Å². The fourth-order valence-corrected chi connectivity index (χ4v) is 1.66. The Morgan fingerprint density at radius 2 is 2.08 bits per heavy atom. The summed E-state index contributed by atoms with van der Waals surface area (Å²) in [6.45, 7) is 5.34. The molecule has 1 aromatic carbocycles. The maximum Gasteiger partial charge on any atom is 0.0998 e. The van der Waals surface area contributed by atoms with Crippen molar-refractivity contribution in [2.75, 3.05) is 0 Å². The molecule has 0 saturated heterocycles. The van der Waals surface area contributed by atoms with Gasteiger partial charge < -0.3 is 5.11 Å². The largest absolute Gasteiger partial charge is 0.384 e. The summed E-state index contributed by atoms with van der Waals surface area (Å²) >= 11 is 11.9. The van der Waals surface area contributed by atoms with Gasteiger partial charge in [0.1, 0.15) is 0 Å². The molecule has 0 aliphatic rings. The van der Waals surface area contributed by atoms with Gasteiger partial charge in [-0.3, -0.25) is 0 Å². The first kappa shape index (κ1) is 10.6. The molecule has 0 aliphatic heterocycles. The molecule has 70 valence electrons. The van der Waals surface area contributed by atoms with Crippen LogP contribution in [0.25, 0.3) is 0 Å². The minimum atomic E-state index is -0.806. The zero-order valence-corrected chi connectivity index (χ0v) is 8.73. The molecule has 0 aromatic heterocycles. The van der Waals surface area contributed by atoms with E-state index in [-0.39, 0.29) is 0 Å². The highest BCUT2D eigenvalue weighted by Crippen LogP contribution is 2.33. The topological polar surface area (TPSA) is 20.2 Å². The number of aryl methyl sites for hydroxylation is 1. The lowest BCUT2D eigenvalue weighted by Gasteiger charge is -2.11. The first-order chi connectivity index (χ1) is 6.07. The molecule has 1 N–H and O–H groups in total. The Balaban J connectivity index is 3.32. The molecule has 0 bridgehead atoms. The molecule has 0 fully saturated rings. The van der Waals surface area contributed by atoms with E-state index in [0.717, 1.165) is 5.56 Å². The lowest BCUT2D eigenvalue weighted by Crippen LogP contribution is -1.96. The highest BCUT2D eigenvalue weighted by Gasteiger charge is 2.13. The van der Waals surface area contributed by atoms with E-state index in [1.165, 1.54) is 6.08 Å². The maximum atomic E-state index is 9.53. The number of benzene rings is 1. The van der Waals surface area contributed by atoms with Gasteiger partial charge in [0.15, 0.2) is 0 Å². The molecule has 0 spiro atoms. The molecule has 0 radical (unpaired) electrons. The lowest BCUT2D eigenvalue weighted by molar-refractivity contribution is 0.229. The van der Waals surface area contributed by atoms with Gasteiger partial charge in [0.2, 0.25) is 0 Å². The second kappa shape index (κ2) is 4.14. The Morgan fingerprint density at radius 1 is 1.46 bits per heavy atom. The van der Waals surface area contributed by atoms with Crippen LogP contribution in [-0.4, -0.2) is 5.11 Å². The fraction of sp³-hybridized carbons (Fsp3) is 0.200. The number of aliphatic hydroxyl groups is 1. The molecule has 0 aliphatic carbocycles. The predicted octanol–water partition coefficient (Wildman–Crippen LogP) is 3.52. The van der Waals surface area contributed by atoms with Crippen LogP contribution in [0.4, 0.5) is 0 Å². The van der Waals surface area contributed by atoms with Gasteiger partial charge in [-0.2, -0.15) is 0 Å². The minimum absolute atomic E-state index is 0.461. The van der Waals surface area contributed by atoms with Crippen LogP contribution in [0.3, 0.4) is 0 Å². The standard InChI is InChI=1S/C10H10Cl2O/c1-3-8(13)9-7(11)5-4-6(2)10(9)12/h3-5,8,13H,1H2,2H3.